The number of nitrogens with zero attached hydrogens (tertiary/aromatic N) is 4. The molecule has 0 bridgehead atoms. The van der Waals surface area contributed by atoms with Gasteiger partial charge in [0.15, 0.2) is 11.6 Å². The molecule has 5 rings (SSSR count). The molecule has 0 saturated heterocycles. The van der Waals surface area contributed by atoms with E-state index >= 15 is 0 Å². The summed E-state index contributed by atoms with van der Waals surface area (Å²) in [4.78, 5) is 14.4. The first-order valence-electron chi connectivity index (χ1n) is 9.71. The summed E-state index contributed by atoms with van der Waals surface area (Å²) in [6.07, 6.45) is 9.20. The van der Waals surface area contributed by atoms with E-state index in [1.165, 1.54) is 0 Å². The van der Waals surface area contributed by atoms with Crippen molar-refractivity contribution in [3.8, 4) is 0 Å². The molecule has 2 atom stereocenters. The van der Waals surface area contributed by atoms with Gasteiger partial charge in [0.1, 0.15) is 0 Å². The second-order valence-electron chi connectivity index (χ2n) is 6.87. The fourth-order valence-corrected chi connectivity index (χ4v) is 3.89. The Labute approximate surface area is 164 Å². The van der Waals surface area contributed by atoms with Crippen molar-refractivity contribution < 1.29 is 4.74 Å². The molecule has 0 amide bonds. The normalized spacial score (nSPS) is 20.8. The van der Waals surface area contributed by atoms with Gasteiger partial charge in [0, 0.05) is 12.3 Å². The molecule has 28 heavy (non-hydrogen) atoms. The van der Waals surface area contributed by atoms with Crippen LogP contribution in [0.25, 0.3) is 11.0 Å². The van der Waals surface area contributed by atoms with E-state index < -0.39 is 0 Å². The molecule has 5 nitrogen and oxygen atoms in total. The monoisotopic (exact) mass is 370 g/mol. The highest BCUT2D eigenvalue weighted by Crippen LogP contribution is 2.44. The van der Waals surface area contributed by atoms with Gasteiger partial charge in [-0.25, -0.2) is 9.97 Å². The summed E-state index contributed by atoms with van der Waals surface area (Å²) in [6.45, 7) is 2.63. The standard InChI is InChI=1S/C23H22N4O/c1-2-28-23-26(17-11-5-3-6-12-17)21-22(27(23)18-13-7-4-8-14-18)25-20-16-10-9-15-19(20)24-21/h3-13,15-16,18,23H,2,14H2,1H3. The molecule has 1 aromatic heterocycles. The number of benzene rings is 2. The molecule has 2 heterocycles. The molecule has 1 aliphatic carbocycles. The first-order valence-corrected chi connectivity index (χ1v) is 9.71. The van der Waals surface area contributed by atoms with Crippen molar-refractivity contribution >= 4 is 28.4 Å². The van der Waals surface area contributed by atoms with Crippen LogP contribution in [0.1, 0.15) is 13.3 Å². The second-order valence-corrected chi connectivity index (χ2v) is 6.87. The molecular formula is C23H22N4O. The minimum Gasteiger partial charge on any atom is -0.340 e. The molecule has 1 aliphatic heterocycles. The van der Waals surface area contributed by atoms with E-state index in [0.29, 0.717) is 6.61 Å². The highest BCUT2D eigenvalue weighted by molar-refractivity contribution is 5.86. The van der Waals surface area contributed by atoms with Gasteiger partial charge in [-0.1, -0.05) is 54.6 Å². The summed E-state index contributed by atoms with van der Waals surface area (Å²) in [5.74, 6) is 1.71. The van der Waals surface area contributed by atoms with E-state index in [4.69, 9.17) is 14.7 Å². The van der Waals surface area contributed by atoms with E-state index in [9.17, 15) is 0 Å². The molecule has 0 spiro atoms. The van der Waals surface area contributed by atoms with Crippen molar-refractivity contribution in [2.24, 2.45) is 0 Å². The van der Waals surface area contributed by atoms with Crippen LogP contribution < -0.4 is 9.80 Å². The van der Waals surface area contributed by atoms with Crippen LogP contribution in [0.2, 0.25) is 0 Å². The van der Waals surface area contributed by atoms with Crippen LogP contribution in [0.5, 0.6) is 0 Å². The Kier molecular flexibility index (Phi) is 4.29. The zero-order valence-electron chi connectivity index (χ0n) is 15.8. The lowest BCUT2D eigenvalue weighted by Gasteiger charge is -2.35. The predicted molar refractivity (Wildman–Crippen MR) is 113 cm³/mol. The number of fused-ring (bicyclic) bond motifs is 2. The van der Waals surface area contributed by atoms with E-state index in [2.05, 4.69) is 46.2 Å². The SMILES string of the molecule is CCOC1N(c2ccccc2)c2nc3ccccc3nc2N1C1C=CC=CC1. The Morgan fingerprint density at radius 3 is 2.32 bits per heavy atom. The van der Waals surface area contributed by atoms with Crippen LogP contribution in [0.3, 0.4) is 0 Å². The van der Waals surface area contributed by atoms with Gasteiger partial charge in [0.2, 0.25) is 6.35 Å². The van der Waals surface area contributed by atoms with Crippen molar-refractivity contribution in [2.45, 2.75) is 25.7 Å². The van der Waals surface area contributed by atoms with Crippen molar-refractivity contribution in [1.82, 2.24) is 9.97 Å². The third-order valence-corrected chi connectivity index (χ3v) is 5.13. The molecule has 5 heteroatoms. The molecule has 2 unspecified atom stereocenters. The Morgan fingerprint density at radius 1 is 0.929 bits per heavy atom. The number of rotatable bonds is 4. The third-order valence-electron chi connectivity index (χ3n) is 5.13. The highest BCUT2D eigenvalue weighted by atomic mass is 16.5. The maximum absolute atomic E-state index is 6.26. The fourth-order valence-electron chi connectivity index (χ4n) is 3.89. The minimum absolute atomic E-state index is 0.171. The van der Waals surface area contributed by atoms with Crippen LogP contribution in [0, 0.1) is 0 Å². The van der Waals surface area contributed by atoms with Crippen molar-refractivity contribution in [1.29, 1.82) is 0 Å². The molecule has 0 radical (unpaired) electrons. The maximum atomic E-state index is 6.26. The number of aromatic nitrogens is 2. The van der Waals surface area contributed by atoms with Crippen LogP contribution in [0.15, 0.2) is 78.9 Å². The molecule has 2 aromatic carbocycles. The van der Waals surface area contributed by atoms with Crippen LogP contribution in [-0.4, -0.2) is 29.0 Å². The molecule has 0 saturated carbocycles. The fraction of sp³-hybridized carbons (Fsp3) is 0.217. The lowest BCUT2D eigenvalue weighted by atomic mass is 10.1. The van der Waals surface area contributed by atoms with Gasteiger partial charge < -0.3 is 9.64 Å². The topological polar surface area (TPSA) is 41.5 Å². The Balaban J connectivity index is 1.72. The quantitative estimate of drug-likeness (QED) is 0.660. The summed E-state index contributed by atoms with van der Waals surface area (Å²) in [5.41, 5.74) is 2.83. The number of ether oxygens (including phenoxy) is 1. The van der Waals surface area contributed by atoms with Gasteiger partial charge in [0.05, 0.1) is 17.1 Å². The first kappa shape index (κ1) is 17.0. The van der Waals surface area contributed by atoms with Gasteiger partial charge >= 0.3 is 0 Å². The maximum Gasteiger partial charge on any atom is 0.217 e. The van der Waals surface area contributed by atoms with Crippen LogP contribution >= 0.6 is 0 Å². The summed E-state index contributed by atoms with van der Waals surface area (Å²) in [6, 6.07) is 18.5. The number of anilines is 3. The second kappa shape index (κ2) is 7.09. The summed E-state index contributed by atoms with van der Waals surface area (Å²) in [7, 11) is 0. The average molecular weight is 370 g/mol. The molecular weight excluding hydrogens is 348 g/mol. The van der Waals surface area contributed by atoms with Crippen molar-refractivity contribution in [3.05, 3.63) is 78.9 Å². The summed E-state index contributed by atoms with van der Waals surface area (Å²) in [5, 5.41) is 0. The van der Waals surface area contributed by atoms with Crippen molar-refractivity contribution in [3.63, 3.8) is 0 Å². The van der Waals surface area contributed by atoms with Gasteiger partial charge in [-0.2, -0.15) is 0 Å². The number of para-hydroxylation sites is 3. The molecule has 0 fully saturated rings. The van der Waals surface area contributed by atoms with E-state index in [-0.39, 0.29) is 12.4 Å². The Bertz CT molecular complexity index is 1050. The van der Waals surface area contributed by atoms with Gasteiger partial charge in [0.25, 0.3) is 0 Å². The molecule has 3 aromatic rings. The summed E-state index contributed by atoms with van der Waals surface area (Å²) < 4.78 is 6.26. The van der Waals surface area contributed by atoms with Gasteiger partial charge in [-0.3, -0.25) is 4.90 Å². The number of hydrogen-bond acceptors (Lipinski definition) is 5. The lowest BCUT2D eigenvalue weighted by Crippen LogP contribution is -2.48. The average Bonchev–Trinajstić information content (AvgIpc) is 3.06. The zero-order chi connectivity index (χ0) is 18.9. The highest BCUT2D eigenvalue weighted by Gasteiger charge is 2.43. The van der Waals surface area contributed by atoms with Crippen LogP contribution in [0.4, 0.5) is 17.3 Å². The van der Waals surface area contributed by atoms with Gasteiger partial charge in [-0.15, -0.1) is 0 Å². The van der Waals surface area contributed by atoms with Crippen molar-refractivity contribution in [2.75, 3.05) is 16.4 Å². The zero-order valence-corrected chi connectivity index (χ0v) is 15.8. The smallest absolute Gasteiger partial charge is 0.217 e. The predicted octanol–water partition coefficient (Wildman–Crippen LogP) is 4.79. The Morgan fingerprint density at radius 2 is 1.64 bits per heavy atom. The molecule has 2 aliphatic rings. The Hall–Kier alpha value is -3.18. The van der Waals surface area contributed by atoms with Gasteiger partial charge in [-0.05, 0) is 37.6 Å². The number of allylic oxidation sites excluding steroid dienone is 2. The number of hydrogen-bond donors (Lipinski definition) is 0. The summed E-state index contributed by atoms with van der Waals surface area (Å²) >= 11 is 0. The lowest BCUT2D eigenvalue weighted by molar-refractivity contribution is 0.0660. The van der Waals surface area contributed by atoms with E-state index in [1.54, 1.807) is 0 Å². The molecule has 140 valence electrons. The first-order chi connectivity index (χ1) is 13.9. The van der Waals surface area contributed by atoms with E-state index in [0.717, 1.165) is 34.8 Å². The minimum atomic E-state index is -0.291. The molecule has 0 N–H and O–H groups in total. The van der Waals surface area contributed by atoms with E-state index in [1.807, 2.05) is 49.4 Å². The largest absolute Gasteiger partial charge is 0.340 e. The third kappa shape index (κ3) is 2.75. The van der Waals surface area contributed by atoms with Crippen LogP contribution in [-0.2, 0) is 4.74 Å².